The number of aromatic nitrogens is 2. The molecule has 1 saturated carbocycles. The third-order valence-corrected chi connectivity index (χ3v) is 4.50. The number of carbonyl (C=O) groups excluding carboxylic acids is 1. The summed E-state index contributed by atoms with van der Waals surface area (Å²) < 4.78 is 13.1. The first-order chi connectivity index (χ1) is 11.1. The molecule has 1 aliphatic rings. The third-order valence-electron chi connectivity index (χ3n) is 4.50. The van der Waals surface area contributed by atoms with Crippen molar-refractivity contribution in [1.29, 1.82) is 0 Å². The van der Waals surface area contributed by atoms with Gasteiger partial charge in [0.2, 0.25) is 0 Å². The third kappa shape index (κ3) is 3.16. The zero-order valence-electron chi connectivity index (χ0n) is 13.0. The van der Waals surface area contributed by atoms with Crippen molar-refractivity contribution in [2.75, 3.05) is 18.9 Å². The molecule has 5 nitrogen and oxygen atoms in total. The number of nitrogens with zero attached hydrogens (tertiary/aromatic N) is 2. The monoisotopic (exact) mass is 314 g/mol. The molecule has 3 rings (SSSR count). The minimum absolute atomic E-state index is 0.0227. The minimum atomic E-state index is -0.258. The van der Waals surface area contributed by atoms with Gasteiger partial charge in [-0.2, -0.15) is 0 Å². The molecule has 0 unspecified atom stereocenters. The Bertz CT molecular complexity index is 681. The van der Waals surface area contributed by atoms with Crippen LogP contribution in [0, 0.1) is 5.82 Å². The fraction of sp³-hybridized carbons (Fsp3) is 0.353. The molecule has 2 N–H and O–H groups in total. The summed E-state index contributed by atoms with van der Waals surface area (Å²) in [5.41, 5.74) is 1.46. The summed E-state index contributed by atoms with van der Waals surface area (Å²) in [6, 6.07) is 10.1. The number of rotatable bonds is 5. The van der Waals surface area contributed by atoms with Gasteiger partial charge in [-0.25, -0.2) is 4.39 Å². The normalized spacial score (nSPS) is 15.6. The van der Waals surface area contributed by atoms with Crippen molar-refractivity contribution in [3.8, 4) is 0 Å². The Morgan fingerprint density at radius 3 is 2.43 bits per heavy atom. The summed E-state index contributed by atoms with van der Waals surface area (Å²) in [4.78, 5) is 11.4. The number of amides is 1. The highest BCUT2D eigenvalue weighted by Gasteiger charge is 2.38. The summed E-state index contributed by atoms with van der Waals surface area (Å²) in [6.07, 6.45) is 3.30. The molecule has 0 saturated heterocycles. The van der Waals surface area contributed by atoms with E-state index in [0.717, 1.165) is 18.4 Å². The molecule has 1 fully saturated rings. The lowest BCUT2D eigenvalue weighted by Gasteiger charge is -2.42. The molecule has 0 atom stereocenters. The largest absolute Gasteiger partial charge is 0.368 e. The Labute approximate surface area is 134 Å². The zero-order valence-corrected chi connectivity index (χ0v) is 13.0. The fourth-order valence-electron chi connectivity index (χ4n) is 2.91. The van der Waals surface area contributed by atoms with Gasteiger partial charge in [0.1, 0.15) is 11.6 Å². The Balaban J connectivity index is 1.68. The molecule has 0 spiro atoms. The van der Waals surface area contributed by atoms with E-state index in [1.165, 1.54) is 18.6 Å². The number of anilines is 1. The van der Waals surface area contributed by atoms with Gasteiger partial charge >= 0.3 is 0 Å². The molecule has 2 aromatic rings. The summed E-state index contributed by atoms with van der Waals surface area (Å²) in [5.74, 6) is 0.156. The van der Waals surface area contributed by atoms with E-state index >= 15 is 0 Å². The van der Waals surface area contributed by atoms with Crippen LogP contribution in [0.3, 0.4) is 0 Å². The number of benzene rings is 1. The van der Waals surface area contributed by atoms with Crippen LogP contribution in [0.5, 0.6) is 0 Å². The smallest absolute Gasteiger partial charge is 0.271 e. The fourth-order valence-corrected chi connectivity index (χ4v) is 2.91. The average molecular weight is 314 g/mol. The van der Waals surface area contributed by atoms with E-state index in [4.69, 9.17) is 0 Å². The number of carbonyl (C=O) groups is 1. The van der Waals surface area contributed by atoms with Gasteiger partial charge in [-0.1, -0.05) is 18.6 Å². The van der Waals surface area contributed by atoms with Crippen molar-refractivity contribution in [1.82, 2.24) is 15.5 Å². The molecular weight excluding hydrogens is 295 g/mol. The molecule has 0 radical (unpaired) electrons. The van der Waals surface area contributed by atoms with Crippen LogP contribution in [0.1, 0.15) is 35.3 Å². The van der Waals surface area contributed by atoms with Crippen molar-refractivity contribution in [2.24, 2.45) is 0 Å². The van der Waals surface area contributed by atoms with Crippen LogP contribution < -0.4 is 10.6 Å². The predicted molar refractivity (Wildman–Crippen MR) is 85.8 cm³/mol. The van der Waals surface area contributed by atoms with Crippen LogP contribution in [0.2, 0.25) is 0 Å². The molecule has 1 aliphatic carbocycles. The SMILES string of the molecule is CNC(=O)c1ccc(NCC2(c3ccc(F)cc3)CCC2)nn1. The Hall–Kier alpha value is -2.50. The van der Waals surface area contributed by atoms with Gasteiger partial charge in [-0.3, -0.25) is 4.79 Å². The van der Waals surface area contributed by atoms with Gasteiger partial charge in [0.05, 0.1) is 0 Å². The molecule has 1 aromatic carbocycles. The molecule has 120 valence electrons. The molecule has 1 aromatic heterocycles. The van der Waals surface area contributed by atoms with E-state index < -0.39 is 0 Å². The van der Waals surface area contributed by atoms with Gasteiger partial charge in [0.15, 0.2) is 5.69 Å². The van der Waals surface area contributed by atoms with Gasteiger partial charge in [-0.05, 0) is 42.7 Å². The van der Waals surface area contributed by atoms with Crippen molar-refractivity contribution in [3.63, 3.8) is 0 Å². The first-order valence-electron chi connectivity index (χ1n) is 7.69. The molecule has 0 aliphatic heterocycles. The minimum Gasteiger partial charge on any atom is -0.368 e. The highest BCUT2D eigenvalue weighted by molar-refractivity contribution is 5.91. The van der Waals surface area contributed by atoms with Crippen LogP contribution in [-0.4, -0.2) is 29.7 Å². The number of hydrogen-bond acceptors (Lipinski definition) is 4. The second kappa shape index (κ2) is 6.32. The lowest BCUT2D eigenvalue weighted by molar-refractivity contribution is 0.0957. The van der Waals surface area contributed by atoms with E-state index in [9.17, 15) is 9.18 Å². The first-order valence-corrected chi connectivity index (χ1v) is 7.69. The van der Waals surface area contributed by atoms with E-state index in [1.54, 1.807) is 19.2 Å². The molecular formula is C17H19FN4O. The lowest BCUT2D eigenvalue weighted by Crippen LogP contribution is -2.41. The Kier molecular flexibility index (Phi) is 4.23. The highest BCUT2D eigenvalue weighted by Crippen LogP contribution is 2.43. The molecule has 1 heterocycles. The average Bonchev–Trinajstić information content (AvgIpc) is 2.55. The maximum Gasteiger partial charge on any atom is 0.271 e. The quantitative estimate of drug-likeness (QED) is 0.890. The van der Waals surface area contributed by atoms with Crippen LogP contribution in [0.25, 0.3) is 0 Å². The van der Waals surface area contributed by atoms with Crippen molar-refractivity contribution >= 4 is 11.7 Å². The summed E-state index contributed by atoms with van der Waals surface area (Å²) in [5, 5.41) is 13.7. The standard InChI is InChI=1S/C17H19FN4O/c1-19-16(23)14-7-8-15(22-21-14)20-11-17(9-2-10-17)12-3-5-13(18)6-4-12/h3-8H,2,9-11H2,1H3,(H,19,23)(H,20,22). The predicted octanol–water partition coefficient (Wildman–Crippen LogP) is 2.51. The van der Waals surface area contributed by atoms with Gasteiger partial charge < -0.3 is 10.6 Å². The Morgan fingerprint density at radius 1 is 1.17 bits per heavy atom. The highest BCUT2D eigenvalue weighted by atomic mass is 19.1. The zero-order chi connectivity index (χ0) is 16.3. The van der Waals surface area contributed by atoms with Gasteiger partial charge in [0, 0.05) is 19.0 Å². The maximum absolute atomic E-state index is 13.1. The second-order valence-corrected chi connectivity index (χ2v) is 5.88. The number of hydrogen-bond donors (Lipinski definition) is 2. The van der Waals surface area contributed by atoms with E-state index in [-0.39, 0.29) is 22.8 Å². The Morgan fingerprint density at radius 2 is 1.91 bits per heavy atom. The van der Waals surface area contributed by atoms with E-state index in [1.807, 2.05) is 12.1 Å². The van der Waals surface area contributed by atoms with E-state index in [2.05, 4.69) is 20.8 Å². The topological polar surface area (TPSA) is 66.9 Å². The summed E-state index contributed by atoms with van der Waals surface area (Å²) in [7, 11) is 1.55. The molecule has 23 heavy (non-hydrogen) atoms. The van der Waals surface area contributed by atoms with Crippen LogP contribution in [0.15, 0.2) is 36.4 Å². The van der Waals surface area contributed by atoms with Crippen LogP contribution in [-0.2, 0) is 5.41 Å². The number of nitrogens with one attached hydrogen (secondary N) is 2. The lowest BCUT2D eigenvalue weighted by atomic mass is 9.64. The maximum atomic E-state index is 13.1. The van der Waals surface area contributed by atoms with Gasteiger partial charge in [0.25, 0.3) is 5.91 Å². The van der Waals surface area contributed by atoms with Crippen LogP contribution >= 0.6 is 0 Å². The first kappa shape index (κ1) is 15.4. The van der Waals surface area contributed by atoms with Crippen LogP contribution in [0.4, 0.5) is 10.2 Å². The summed E-state index contributed by atoms with van der Waals surface area (Å²) in [6.45, 7) is 0.715. The van der Waals surface area contributed by atoms with Gasteiger partial charge in [-0.15, -0.1) is 10.2 Å². The van der Waals surface area contributed by atoms with Crippen molar-refractivity contribution < 1.29 is 9.18 Å². The van der Waals surface area contributed by atoms with E-state index in [0.29, 0.717) is 12.4 Å². The van der Waals surface area contributed by atoms with Crippen molar-refractivity contribution in [2.45, 2.75) is 24.7 Å². The number of halogens is 1. The molecule has 6 heteroatoms. The second-order valence-electron chi connectivity index (χ2n) is 5.88. The van der Waals surface area contributed by atoms with Crippen molar-refractivity contribution in [3.05, 3.63) is 53.5 Å². The summed E-state index contributed by atoms with van der Waals surface area (Å²) >= 11 is 0. The molecule has 0 bridgehead atoms. The molecule has 1 amide bonds.